The number of nitrogens with one attached hydrogen (secondary N) is 2. The molecule has 0 saturated carbocycles. The number of carbonyl (C=O) groups is 1. The van der Waals surface area contributed by atoms with Crippen molar-refractivity contribution in [2.24, 2.45) is 0 Å². The Bertz CT molecular complexity index is 379. The number of thiophene rings is 1. The first-order valence-corrected chi connectivity index (χ1v) is 5.52. The Morgan fingerprint density at radius 1 is 1.53 bits per heavy atom. The molecule has 0 radical (unpaired) electrons. The number of hydrogen-bond acceptors (Lipinski definition) is 4. The van der Waals surface area contributed by atoms with Gasteiger partial charge in [-0.1, -0.05) is 0 Å². The van der Waals surface area contributed by atoms with E-state index >= 15 is 0 Å². The van der Waals surface area contributed by atoms with Gasteiger partial charge in [-0.3, -0.25) is 9.63 Å². The summed E-state index contributed by atoms with van der Waals surface area (Å²) in [5.41, 5.74) is 2.77. The Kier molecular flexibility index (Phi) is 4.91. The van der Waals surface area contributed by atoms with Crippen molar-refractivity contribution >= 4 is 22.9 Å². The molecule has 0 unspecified atom stereocenters. The Morgan fingerprint density at radius 2 is 2.24 bits per heavy atom. The topological polar surface area (TPSA) is 50.4 Å². The first-order chi connectivity index (χ1) is 7.88. The molecule has 1 amide bonds. The number of carbonyl (C=O) groups excluding carboxylic acids is 1. The van der Waals surface area contributed by atoms with E-state index in [1.165, 1.54) is 18.3 Å². The quantitative estimate of drug-likeness (QED) is 0.636. The molecule has 17 heavy (non-hydrogen) atoms. The monoisotopic (exact) mass is 268 g/mol. The summed E-state index contributed by atoms with van der Waals surface area (Å²) in [4.78, 5) is 15.8. The largest absolute Gasteiger partial charge is 0.413 e. The van der Waals surface area contributed by atoms with Crippen LogP contribution in [0.1, 0.15) is 11.8 Å². The van der Waals surface area contributed by atoms with Crippen LogP contribution in [0.3, 0.4) is 0 Å². The average Bonchev–Trinajstić information content (AvgIpc) is 2.58. The van der Waals surface area contributed by atoms with Crippen molar-refractivity contribution in [1.82, 2.24) is 5.48 Å². The second-order valence-electron chi connectivity index (χ2n) is 3.16. The van der Waals surface area contributed by atoms with Crippen LogP contribution < -0.4 is 10.8 Å². The summed E-state index contributed by atoms with van der Waals surface area (Å²) in [6.45, 7) is 0.103. The fraction of sp³-hybridized carbons (Fsp3) is 0.444. The van der Waals surface area contributed by atoms with Gasteiger partial charge in [-0.05, 0) is 11.4 Å². The maximum atomic E-state index is 11.8. The zero-order valence-corrected chi connectivity index (χ0v) is 9.74. The molecule has 0 bridgehead atoms. The third kappa shape index (κ3) is 5.66. The normalized spacial score (nSPS) is 11.5. The molecule has 0 aliphatic carbocycles. The number of hydrogen-bond donors (Lipinski definition) is 2. The fourth-order valence-electron chi connectivity index (χ4n) is 1.03. The molecule has 4 nitrogen and oxygen atoms in total. The Hall–Kier alpha value is -1.12. The van der Waals surface area contributed by atoms with E-state index in [0.29, 0.717) is 10.6 Å². The van der Waals surface area contributed by atoms with Gasteiger partial charge in [0.2, 0.25) is 5.91 Å². The standard InChI is InChI=1S/C9H11F3N2O2S/c1-6(15)14-7-2-3-17-8(7)4-13-16-5-9(10,11)12/h2-3,13H,4-5H2,1H3,(H,14,15). The van der Waals surface area contributed by atoms with Crippen LogP contribution in [0.5, 0.6) is 0 Å². The molecule has 0 aromatic carbocycles. The van der Waals surface area contributed by atoms with Gasteiger partial charge in [0.1, 0.15) is 0 Å². The molecule has 0 aliphatic heterocycles. The van der Waals surface area contributed by atoms with Crippen LogP contribution in [0.25, 0.3) is 0 Å². The van der Waals surface area contributed by atoms with Crippen molar-refractivity contribution in [3.63, 3.8) is 0 Å². The molecule has 1 aromatic rings. The lowest BCUT2D eigenvalue weighted by Crippen LogP contribution is -2.24. The molecule has 2 N–H and O–H groups in total. The maximum Gasteiger partial charge on any atom is 0.413 e. The predicted octanol–water partition coefficient (Wildman–Crippen LogP) is 2.29. The molecular formula is C9H11F3N2O2S. The lowest BCUT2D eigenvalue weighted by Gasteiger charge is -2.08. The smallest absolute Gasteiger partial charge is 0.325 e. The number of halogens is 3. The summed E-state index contributed by atoms with van der Waals surface area (Å²) < 4.78 is 35.3. The van der Waals surface area contributed by atoms with Crippen LogP contribution in [0.2, 0.25) is 0 Å². The van der Waals surface area contributed by atoms with Crippen LogP contribution in [-0.2, 0) is 16.2 Å². The highest BCUT2D eigenvalue weighted by atomic mass is 32.1. The molecule has 1 aromatic heterocycles. The Morgan fingerprint density at radius 3 is 2.82 bits per heavy atom. The highest BCUT2D eigenvalue weighted by molar-refractivity contribution is 7.10. The predicted molar refractivity (Wildman–Crippen MR) is 57.5 cm³/mol. The van der Waals surface area contributed by atoms with Crippen LogP contribution in [-0.4, -0.2) is 18.7 Å². The van der Waals surface area contributed by atoms with Crippen LogP contribution in [0, 0.1) is 0 Å². The zero-order chi connectivity index (χ0) is 12.9. The van der Waals surface area contributed by atoms with Crippen molar-refractivity contribution in [3.05, 3.63) is 16.3 Å². The fourth-order valence-corrected chi connectivity index (χ4v) is 1.78. The van der Waals surface area contributed by atoms with Crippen molar-refractivity contribution in [2.45, 2.75) is 19.6 Å². The van der Waals surface area contributed by atoms with Crippen LogP contribution in [0.15, 0.2) is 11.4 Å². The zero-order valence-electron chi connectivity index (χ0n) is 8.93. The van der Waals surface area contributed by atoms with Crippen LogP contribution in [0.4, 0.5) is 18.9 Å². The number of amides is 1. The van der Waals surface area contributed by atoms with E-state index in [2.05, 4.69) is 15.6 Å². The highest BCUT2D eigenvalue weighted by Crippen LogP contribution is 2.22. The van der Waals surface area contributed by atoms with E-state index in [1.807, 2.05) is 0 Å². The minimum atomic E-state index is -4.36. The van der Waals surface area contributed by atoms with Gasteiger partial charge in [0.25, 0.3) is 0 Å². The molecule has 96 valence electrons. The van der Waals surface area contributed by atoms with Crippen molar-refractivity contribution < 1.29 is 22.8 Å². The summed E-state index contributed by atoms with van der Waals surface area (Å²) >= 11 is 1.31. The van der Waals surface area contributed by atoms with Gasteiger partial charge >= 0.3 is 6.18 Å². The summed E-state index contributed by atoms with van der Waals surface area (Å²) in [5, 5.41) is 4.29. The summed E-state index contributed by atoms with van der Waals surface area (Å²) in [5.74, 6) is -0.235. The van der Waals surface area contributed by atoms with Crippen molar-refractivity contribution in [3.8, 4) is 0 Å². The molecule has 1 heterocycles. The van der Waals surface area contributed by atoms with E-state index < -0.39 is 12.8 Å². The summed E-state index contributed by atoms with van der Waals surface area (Å²) in [6, 6.07) is 1.67. The van der Waals surface area contributed by atoms with Gasteiger partial charge in [0.05, 0.1) is 12.2 Å². The third-order valence-electron chi connectivity index (χ3n) is 1.63. The number of hydroxylamine groups is 1. The van der Waals surface area contributed by atoms with Gasteiger partial charge in [-0.25, -0.2) is 0 Å². The van der Waals surface area contributed by atoms with Crippen molar-refractivity contribution in [2.75, 3.05) is 11.9 Å². The first-order valence-electron chi connectivity index (χ1n) is 4.64. The number of rotatable bonds is 5. The van der Waals surface area contributed by atoms with Gasteiger partial charge in [-0.2, -0.15) is 18.7 Å². The van der Waals surface area contributed by atoms with E-state index in [1.54, 1.807) is 11.4 Å². The SMILES string of the molecule is CC(=O)Nc1ccsc1CNOCC(F)(F)F. The van der Waals surface area contributed by atoms with E-state index in [4.69, 9.17) is 0 Å². The average molecular weight is 268 g/mol. The van der Waals surface area contributed by atoms with Gasteiger partial charge in [0.15, 0.2) is 6.61 Å². The van der Waals surface area contributed by atoms with E-state index in [0.717, 1.165) is 0 Å². The van der Waals surface area contributed by atoms with Crippen molar-refractivity contribution in [1.29, 1.82) is 0 Å². The highest BCUT2D eigenvalue weighted by Gasteiger charge is 2.27. The first kappa shape index (κ1) is 13.9. The van der Waals surface area contributed by atoms with Gasteiger partial charge < -0.3 is 5.32 Å². The Labute approximate surface area is 99.7 Å². The second kappa shape index (κ2) is 5.99. The lowest BCUT2D eigenvalue weighted by atomic mass is 10.4. The third-order valence-corrected chi connectivity index (χ3v) is 2.55. The van der Waals surface area contributed by atoms with E-state index in [9.17, 15) is 18.0 Å². The molecule has 0 spiro atoms. The minimum Gasteiger partial charge on any atom is -0.325 e. The van der Waals surface area contributed by atoms with E-state index in [-0.39, 0.29) is 12.5 Å². The lowest BCUT2D eigenvalue weighted by molar-refractivity contribution is -0.190. The Balaban J connectivity index is 2.36. The molecule has 0 aliphatic rings. The molecule has 8 heteroatoms. The summed E-state index contributed by atoms with van der Waals surface area (Å²) in [6.07, 6.45) is -4.36. The number of anilines is 1. The summed E-state index contributed by atoms with van der Waals surface area (Å²) in [7, 11) is 0. The van der Waals surface area contributed by atoms with Gasteiger partial charge in [0, 0.05) is 11.8 Å². The molecule has 0 fully saturated rings. The molecular weight excluding hydrogens is 257 g/mol. The number of alkyl halides is 3. The molecule has 0 atom stereocenters. The van der Waals surface area contributed by atoms with Gasteiger partial charge in [-0.15, -0.1) is 11.3 Å². The second-order valence-corrected chi connectivity index (χ2v) is 4.16. The minimum absolute atomic E-state index is 0.101. The molecule has 0 saturated heterocycles. The maximum absolute atomic E-state index is 11.8. The molecule has 1 rings (SSSR count). The van der Waals surface area contributed by atoms with Crippen LogP contribution >= 0.6 is 11.3 Å².